The van der Waals surface area contributed by atoms with Crippen LogP contribution in [-0.2, 0) is 19.5 Å². The second-order valence-electron chi connectivity index (χ2n) is 6.80. The first-order chi connectivity index (χ1) is 12.3. The van der Waals surface area contributed by atoms with Crippen molar-refractivity contribution in [2.45, 2.75) is 38.9 Å². The van der Waals surface area contributed by atoms with Crippen molar-refractivity contribution in [1.29, 1.82) is 0 Å². The first-order valence-corrected chi connectivity index (χ1v) is 9.41. The molecule has 0 radical (unpaired) electrons. The van der Waals surface area contributed by atoms with Crippen LogP contribution in [0.15, 0.2) is 42.7 Å². The Labute approximate surface area is 150 Å². The molecule has 3 rings (SSSR count). The Morgan fingerprint density at radius 2 is 2.04 bits per heavy atom. The number of hydrogen-bond donors (Lipinski definition) is 1. The Bertz CT molecular complexity index is 628. The highest BCUT2D eigenvalue weighted by molar-refractivity contribution is 5.15. The van der Waals surface area contributed by atoms with E-state index < -0.39 is 0 Å². The van der Waals surface area contributed by atoms with Gasteiger partial charge in [-0.15, -0.1) is 0 Å². The van der Waals surface area contributed by atoms with Crippen LogP contribution in [0.5, 0.6) is 0 Å². The number of piperazine rings is 1. The number of aliphatic hydroxyl groups excluding tert-OH is 1. The first-order valence-electron chi connectivity index (χ1n) is 9.41. The minimum Gasteiger partial charge on any atom is -0.396 e. The minimum absolute atomic E-state index is 0.254. The van der Waals surface area contributed by atoms with E-state index in [4.69, 9.17) is 0 Å². The van der Waals surface area contributed by atoms with Crippen LogP contribution in [0.3, 0.4) is 0 Å². The molecule has 1 aliphatic heterocycles. The predicted octanol–water partition coefficient (Wildman–Crippen LogP) is 2.01. The van der Waals surface area contributed by atoms with Crippen LogP contribution in [0.1, 0.15) is 24.7 Å². The van der Waals surface area contributed by atoms with Crippen molar-refractivity contribution < 1.29 is 5.11 Å². The zero-order valence-electron chi connectivity index (χ0n) is 15.2. The molecule has 1 saturated heterocycles. The standard InChI is InChI=1S/C20H30N4O/c1-2-23-12-10-21-20(23)17-22-13-14-24(19(16-22)9-15-25)11-8-18-6-4-3-5-7-18/h3-7,10,12,19,25H,2,8-9,11,13-17H2,1H3/t19-/m0/s1. The van der Waals surface area contributed by atoms with E-state index >= 15 is 0 Å². The molecule has 0 spiro atoms. The van der Waals surface area contributed by atoms with Gasteiger partial charge in [-0.05, 0) is 25.3 Å². The number of aliphatic hydroxyl groups is 1. The van der Waals surface area contributed by atoms with Crippen molar-refractivity contribution in [1.82, 2.24) is 19.4 Å². The summed E-state index contributed by atoms with van der Waals surface area (Å²) in [5.74, 6) is 1.14. The maximum atomic E-state index is 9.49. The molecule has 2 heterocycles. The summed E-state index contributed by atoms with van der Waals surface area (Å²) in [5.41, 5.74) is 1.39. The molecule has 1 aliphatic rings. The third-order valence-corrected chi connectivity index (χ3v) is 5.19. The Morgan fingerprint density at radius 3 is 2.80 bits per heavy atom. The van der Waals surface area contributed by atoms with Gasteiger partial charge >= 0.3 is 0 Å². The third-order valence-electron chi connectivity index (χ3n) is 5.19. The molecule has 25 heavy (non-hydrogen) atoms. The van der Waals surface area contributed by atoms with Gasteiger partial charge in [0.05, 0.1) is 6.54 Å². The summed E-state index contributed by atoms with van der Waals surface area (Å²) < 4.78 is 2.21. The molecule has 2 aromatic rings. The van der Waals surface area contributed by atoms with E-state index in [1.54, 1.807) is 0 Å². The fourth-order valence-corrected chi connectivity index (χ4v) is 3.72. The Kier molecular flexibility index (Phi) is 6.62. The SMILES string of the molecule is CCn1ccnc1CN1CCN(CCc2ccccc2)[C@@H](CCO)C1. The van der Waals surface area contributed by atoms with Crippen molar-refractivity contribution in [3.05, 3.63) is 54.1 Å². The molecule has 5 heteroatoms. The average Bonchev–Trinajstić information content (AvgIpc) is 3.09. The van der Waals surface area contributed by atoms with E-state index in [9.17, 15) is 5.11 Å². The first kappa shape index (κ1) is 18.1. The molecule has 0 amide bonds. The molecule has 0 bridgehead atoms. The van der Waals surface area contributed by atoms with Crippen LogP contribution in [0.2, 0.25) is 0 Å². The number of imidazole rings is 1. The van der Waals surface area contributed by atoms with Gasteiger partial charge in [-0.25, -0.2) is 4.98 Å². The molecular formula is C20H30N4O. The summed E-state index contributed by atoms with van der Waals surface area (Å²) in [4.78, 5) is 9.53. The maximum Gasteiger partial charge on any atom is 0.122 e. The number of aromatic nitrogens is 2. The minimum atomic E-state index is 0.254. The Morgan fingerprint density at radius 1 is 1.20 bits per heavy atom. The van der Waals surface area contributed by atoms with Crippen molar-refractivity contribution in [2.24, 2.45) is 0 Å². The second kappa shape index (κ2) is 9.13. The highest BCUT2D eigenvalue weighted by Crippen LogP contribution is 2.16. The highest BCUT2D eigenvalue weighted by atomic mass is 16.3. The molecule has 0 unspecified atom stereocenters. The lowest BCUT2D eigenvalue weighted by molar-refractivity contribution is 0.0544. The van der Waals surface area contributed by atoms with Gasteiger partial charge in [0.1, 0.15) is 5.82 Å². The average molecular weight is 342 g/mol. The Hall–Kier alpha value is -1.69. The second-order valence-corrected chi connectivity index (χ2v) is 6.80. The Balaban J connectivity index is 1.56. The fraction of sp³-hybridized carbons (Fsp3) is 0.550. The summed E-state index contributed by atoms with van der Waals surface area (Å²) in [5, 5.41) is 9.49. The molecular weight excluding hydrogens is 312 g/mol. The quantitative estimate of drug-likeness (QED) is 0.797. The normalized spacial score (nSPS) is 19.4. The molecule has 1 atom stereocenters. The molecule has 136 valence electrons. The predicted molar refractivity (Wildman–Crippen MR) is 100 cm³/mol. The lowest BCUT2D eigenvalue weighted by Gasteiger charge is -2.41. The van der Waals surface area contributed by atoms with Crippen LogP contribution in [0, 0.1) is 0 Å². The van der Waals surface area contributed by atoms with Crippen LogP contribution in [-0.4, -0.2) is 63.3 Å². The van der Waals surface area contributed by atoms with Crippen LogP contribution in [0.25, 0.3) is 0 Å². The van der Waals surface area contributed by atoms with E-state index in [0.29, 0.717) is 6.04 Å². The van der Waals surface area contributed by atoms with E-state index in [2.05, 4.69) is 62.8 Å². The summed E-state index contributed by atoms with van der Waals surface area (Å²) in [6.07, 6.45) is 5.85. The smallest absolute Gasteiger partial charge is 0.122 e. The summed E-state index contributed by atoms with van der Waals surface area (Å²) in [6, 6.07) is 11.1. The number of nitrogens with zero attached hydrogens (tertiary/aromatic N) is 4. The van der Waals surface area contributed by atoms with Gasteiger partial charge in [-0.3, -0.25) is 9.80 Å². The fourth-order valence-electron chi connectivity index (χ4n) is 3.72. The molecule has 1 fully saturated rings. The zero-order valence-corrected chi connectivity index (χ0v) is 15.2. The van der Waals surface area contributed by atoms with Gasteiger partial charge in [0.15, 0.2) is 0 Å². The molecule has 1 aromatic carbocycles. The summed E-state index contributed by atoms with van der Waals surface area (Å²) >= 11 is 0. The van der Waals surface area contributed by atoms with Crippen molar-refractivity contribution in [3.8, 4) is 0 Å². The van der Waals surface area contributed by atoms with E-state index in [-0.39, 0.29) is 6.61 Å². The molecule has 1 N–H and O–H groups in total. The number of hydrogen-bond acceptors (Lipinski definition) is 4. The lowest BCUT2D eigenvalue weighted by atomic mass is 10.1. The zero-order chi connectivity index (χ0) is 17.5. The van der Waals surface area contributed by atoms with E-state index in [1.165, 1.54) is 5.56 Å². The summed E-state index contributed by atoms with van der Waals surface area (Å²) in [7, 11) is 0. The van der Waals surface area contributed by atoms with E-state index in [1.807, 2.05) is 6.20 Å². The highest BCUT2D eigenvalue weighted by Gasteiger charge is 2.26. The molecule has 5 nitrogen and oxygen atoms in total. The number of rotatable bonds is 8. The molecule has 0 saturated carbocycles. The monoisotopic (exact) mass is 342 g/mol. The topological polar surface area (TPSA) is 44.5 Å². The van der Waals surface area contributed by atoms with Gasteiger partial charge in [-0.1, -0.05) is 30.3 Å². The lowest BCUT2D eigenvalue weighted by Crippen LogP contribution is -2.53. The van der Waals surface area contributed by atoms with Crippen molar-refractivity contribution in [2.75, 3.05) is 32.8 Å². The molecule has 1 aromatic heterocycles. The largest absolute Gasteiger partial charge is 0.396 e. The van der Waals surface area contributed by atoms with Gasteiger partial charge in [0, 0.05) is 57.8 Å². The van der Waals surface area contributed by atoms with Gasteiger partial charge in [0.25, 0.3) is 0 Å². The number of benzene rings is 1. The van der Waals surface area contributed by atoms with Crippen molar-refractivity contribution in [3.63, 3.8) is 0 Å². The third kappa shape index (κ3) is 4.91. The van der Waals surface area contributed by atoms with Crippen LogP contribution in [0.4, 0.5) is 0 Å². The van der Waals surface area contributed by atoms with Crippen LogP contribution < -0.4 is 0 Å². The van der Waals surface area contributed by atoms with E-state index in [0.717, 1.165) is 57.9 Å². The number of aryl methyl sites for hydroxylation is 1. The molecule has 0 aliphatic carbocycles. The van der Waals surface area contributed by atoms with Gasteiger partial charge in [0.2, 0.25) is 0 Å². The van der Waals surface area contributed by atoms with Crippen LogP contribution >= 0.6 is 0 Å². The maximum absolute atomic E-state index is 9.49. The van der Waals surface area contributed by atoms with Gasteiger partial charge in [-0.2, -0.15) is 0 Å². The van der Waals surface area contributed by atoms with Crippen molar-refractivity contribution >= 4 is 0 Å². The van der Waals surface area contributed by atoms with Gasteiger partial charge < -0.3 is 9.67 Å². The summed E-state index contributed by atoms with van der Waals surface area (Å²) in [6.45, 7) is 8.46.